The number of para-hydroxylation sites is 1. The van der Waals surface area contributed by atoms with E-state index in [0.717, 1.165) is 30.0 Å². The first-order valence-corrected chi connectivity index (χ1v) is 5.59. The maximum absolute atomic E-state index is 8.86. The Morgan fingerprint density at radius 3 is 2.69 bits per heavy atom. The molecule has 0 aliphatic heterocycles. The van der Waals surface area contributed by atoms with Crippen LogP contribution >= 0.6 is 0 Å². The first kappa shape index (κ1) is 12.4. The first-order valence-electron chi connectivity index (χ1n) is 5.59. The van der Waals surface area contributed by atoms with Crippen molar-refractivity contribution >= 4 is 11.4 Å². The van der Waals surface area contributed by atoms with Crippen LogP contribution in [0.4, 0.5) is 11.4 Å². The minimum atomic E-state index is 0.0129. The molecule has 1 unspecified atom stereocenters. The molecule has 0 spiro atoms. The molecule has 1 aromatic carbocycles. The monoisotopic (exact) mass is 217 g/mol. The van der Waals surface area contributed by atoms with Gasteiger partial charge in [-0.3, -0.25) is 0 Å². The second kappa shape index (κ2) is 5.41. The molecule has 0 saturated carbocycles. The zero-order valence-electron chi connectivity index (χ0n) is 10.2. The lowest BCUT2D eigenvalue weighted by atomic mass is 10.1. The van der Waals surface area contributed by atoms with Crippen molar-refractivity contribution in [2.45, 2.75) is 20.8 Å². The molecule has 16 heavy (non-hydrogen) atoms. The Hall–Kier alpha value is -1.69. The summed E-state index contributed by atoms with van der Waals surface area (Å²) >= 11 is 0. The van der Waals surface area contributed by atoms with E-state index < -0.39 is 0 Å². The highest BCUT2D eigenvalue weighted by atomic mass is 15.1. The maximum Gasteiger partial charge on any atom is 0.0671 e. The van der Waals surface area contributed by atoms with Gasteiger partial charge in [0, 0.05) is 13.1 Å². The van der Waals surface area contributed by atoms with Gasteiger partial charge < -0.3 is 10.6 Å². The molecule has 0 aliphatic carbocycles. The van der Waals surface area contributed by atoms with Crippen LogP contribution in [0.2, 0.25) is 0 Å². The quantitative estimate of drug-likeness (QED) is 0.789. The van der Waals surface area contributed by atoms with Crippen molar-refractivity contribution in [1.29, 1.82) is 5.26 Å². The molecule has 1 aromatic rings. The predicted octanol–water partition coefficient (Wildman–Crippen LogP) is 2.56. The van der Waals surface area contributed by atoms with Crippen molar-refractivity contribution in [2.24, 2.45) is 5.92 Å². The van der Waals surface area contributed by atoms with Crippen molar-refractivity contribution in [3.63, 3.8) is 0 Å². The summed E-state index contributed by atoms with van der Waals surface area (Å²) in [6.07, 6.45) is 0. The molecule has 2 N–H and O–H groups in total. The molecule has 0 bridgehead atoms. The second-order valence-corrected chi connectivity index (χ2v) is 4.08. The van der Waals surface area contributed by atoms with Gasteiger partial charge >= 0.3 is 0 Å². The molecular formula is C13H19N3. The lowest BCUT2D eigenvalue weighted by Gasteiger charge is -2.27. The summed E-state index contributed by atoms with van der Waals surface area (Å²) in [5.41, 5.74) is 9.00. The van der Waals surface area contributed by atoms with Crippen LogP contribution in [0.15, 0.2) is 18.2 Å². The number of nitrogen functional groups attached to an aromatic ring is 1. The molecule has 3 heteroatoms. The Morgan fingerprint density at radius 1 is 1.50 bits per heavy atom. The molecule has 0 amide bonds. The molecular weight excluding hydrogens is 198 g/mol. The van der Waals surface area contributed by atoms with E-state index in [9.17, 15) is 0 Å². The average Bonchev–Trinajstić information content (AvgIpc) is 2.27. The Bertz CT molecular complexity index is 372. The molecule has 0 saturated heterocycles. The van der Waals surface area contributed by atoms with Crippen molar-refractivity contribution < 1.29 is 0 Å². The van der Waals surface area contributed by atoms with E-state index in [1.807, 2.05) is 32.0 Å². The highest BCUT2D eigenvalue weighted by Crippen LogP contribution is 2.27. The number of benzene rings is 1. The van der Waals surface area contributed by atoms with Gasteiger partial charge in [0.05, 0.1) is 23.4 Å². The van der Waals surface area contributed by atoms with E-state index in [4.69, 9.17) is 11.0 Å². The Labute approximate surface area is 97.5 Å². The van der Waals surface area contributed by atoms with Gasteiger partial charge in [0.25, 0.3) is 0 Å². The van der Waals surface area contributed by atoms with Gasteiger partial charge in [-0.25, -0.2) is 0 Å². The minimum Gasteiger partial charge on any atom is -0.397 e. The molecule has 1 atom stereocenters. The lowest BCUT2D eigenvalue weighted by Crippen LogP contribution is -2.29. The van der Waals surface area contributed by atoms with E-state index in [1.165, 1.54) is 0 Å². The van der Waals surface area contributed by atoms with E-state index in [0.29, 0.717) is 0 Å². The van der Waals surface area contributed by atoms with Crippen LogP contribution < -0.4 is 10.6 Å². The van der Waals surface area contributed by atoms with Gasteiger partial charge in [-0.05, 0) is 32.4 Å². The van der Waals surface area contributed by atoms with Gasteiger partial charge in [-0.1, -0.05) is 12.1 Å². The van der Waals surface area contributed by atoms with Crippen LogP contribution in [0.3, 0.4) is 0 Å². The topological polar surface area (TPSA) is 53.0 Å². The summed E-state index contributed by atoms with van der Waals surface area (Å²) in [5.74, 6) is 0.0129. The standard InChI is InChI=1S/C13H19N3/c1-4-16(9-10(2)8-14)13-11(3)6-5-7-12(13)15/h5-7,10H,4,9,15H2,1-3H3. The molecule has 0 aliphatic rings. The third kappa shape index (κ3) is 2.66. The minimum absolute atomic E-state index is 0.0129. The smallest absolute Gasteiger partial charge is 0.0671 e. The highest BCUT2D eigenvalue weighted by molar-refractivity contribution is 5.71. The van der Waals surface area contributed by atoms with E-state index >= 15 is 0 Å². The SMILES string of the molecule is CCN(CC(C)C#N)c1c(C)cccc1N. The third-order valence-electron chi connectivity index (χ3n) is 2.68. The molecule has 1 rings (SSSR count). The summed E-state index contributed by atoms with van der Waals surface area (Å²) in [5, 5.41) is 8.86. The van der Waals surface area contributed by atoms with Crippen LogP contribution in [0.1, 0.15) is 19.4 Å². The van der Waals surface area contributed by atoms with Crippen molar-refractivity contribution in [2.75, 3.05) is 23.7 Å². The lowest BCUT2D eigenvalue weighted by molar-refractivity contribution is 0.685. The Kier molecular flexibility index (Phi) is 4.19. The van der Waals surface area contributed by atoms with Crippen LogP contribution in [0, 0.1) is 24.2 Å². The number of hydrogen-bond acceptors (Lipinski definition) is 3. The molecule has 0 fully saturated rings. The fraction of sp³-hybridized carbons (Fsp3) is 0.462. The highest BCUT2D eigenvalue weighted by Gasteiger charge is 2.13. The van der Waals surface area contributed by atoms with E-state index in [2.05, 4.69) is 17.9 Å². The zero-order chi connectivity index (χ0) is 12.1. The fourth-order valence-corrected chi connectivity index (χ4v) is 1.86. The van der Waals surface area contributed by atoms with Gasteiger partial charge in [0.1, 0.15) is 0 Å². The normalized spacial score (nSPS) is 11.9. The van der Waals surface area contributed by atoms with Gasteiger partial charge in [-0.2, -0.15) is 5.26 Å². The average molecular weight is 217 g/mol. The molecule has 0 radical (unpaired) electrons. The second-order valence-electron chi connectivity index (χ2n) is 4.08. The van der Waals surface area contributed by atoms with Crippen LogP contribution in [0.25, 0.3) is 0 Å². The van der Waals surface area contributed by atoms with Crippen molar-refractivity contribution in [3.05, 3.63) is 23.8 Å². The number of hydrogen-bond donors (Lipinski definition) is 1. The van der Waals surface area contributed by atoms with Crippen LogP contribution in [-0.4, -0.2) is 13.1 Å². The predicted molar refractivity (Wildman–Crippen MR) is 68.3 cm³/mol. The number of rotatable bonds is 4. The molecule has 0 heterocycles. The molecule has 3 nitrogen and oxygen atoms in total. The summed E-state index contributed by atoms with van der Waals surface area (Å²) in [6, 6.07) is 8.16. The summed E-state index contributed by atoms with van der Waals surface area (Å²) in [6.45, 7) is 7.64. The van der Waals surface area contributed by atoms with Gasteiger partial charge in [-0.15, -0.1) is 0 Å². The number of nitrogens with two attached hydrogens (primary N) is 1. The Morgan fingerprint density at radius 2 is 2.19 bits per heavy atom. The number of nitrogens with zero attached hydrogens (tertiary/aromatic N) is 2. The van der Waals surface area contributed by atoms with Gasteiger partial charge in [0.2, 0.25) is 0 Å². The Balaban J connectivity index is 3.00. The number of aryl methyl sites for hydroxylation is 1. The third-order valence-corrected chi connectivity index (χ3v) is 2.68. The first-order chi connectivity index (χ1) is 7.60. The van der Waals surface area contributed by atoms with E-state index in [1.54, 1.807) is 0 Å². The van der Waals surface area contributed by atoms with Crippen molar-refractivity contribution in [1.82, 2.24) is 0 Å². The molecule has 86 valence electrons. The number of nitriles is 1. The zero-order valence-corrected chi connectivity index (χ0v) is 10.2. The maximum atomic E-state index is 8.86. The summed E-state index contributed by atoms with van der Waals surface area (Å²) in [7, 11) is 0. The molecule has 0 aromatic heterocycles. The largest absolute Gasteiger partial charge is 0.397 e. The van der Waals surface area contributed by atoms with Crippen LogP contribution in [-0.2, 0) is 0 Å². The summed E-state index contributed by atoms with van der Waals surface area (Å²) < 4.78 is 0. The van der Waals surface area contributed by atoms with Crippen molar-refractivity contribution in [3.8, 4) is 6.07 Å². The van der Waals surface area contributed by atoms with Gasteiger partial charge in [0.15, 0.2) is 0 Å². The fourth-order valence-electron chi connectivity index (χ4n) is 1.86. The van der Waals surface area contributed by atoms with E-state index in [-0.39, 0.29) is 5.92 Å². The van der Waals surface area contributed by atoms with Crippen LogP contribution in [0.5, 0.6) is 0 Å². The number of anilines is 2. The summed E-state index contributed by atoms with van der Waals surface area (Å²) in [4.78, 5) is 2.17.